The summed E-state index contributed by atoms with van der Waals surface area (Å²) in [6, 6.07) is 19.1. The topological polar surface area (TPSA) is 87.5 Å². The van der Waals surface area contributed by atoms with Gasteiger partial charge in [-0.05, 0) is 23.8 Å². The molecule has 0 saturated carbocycles. The van der Waals surface area contributed by atoms with Crippen LogP contribution in [-0.2, 0) is 6.54 Å². The van der Waals surface area contributed by atoms with Gasteiger partial charge in [-0.25, -0.2) is 0 Å². The number of likely N-dealkylation sites (tertiary alicyclic amines) is 1. The molecule has 3 aromatic carbocycles. The average Bonchev–Trinajstić information content (AvgIpc) is 3.34. The highest BCUT2D eigenvalue weighted by atomic mass is 16.1. The molecule has 0 radical (unpaired) electrons. The van der Waals surface area contributed by atoms with Gasteiger partial charge in [-0.2, -0.15) is 0 Å². The molecular formula is C25H22N4O2. The Morgan fingerprint density at radius 2 is 1.68 bits per heavy atom. The van der Waals surface area contributed by atoms with Crippen molar-refractivity contribution in [3.63, 3.8) is 0 Å². The molecule has 1 saturated heterocycles. The molecule has 0 aromatic heterocycles. The number of nitrogens with one attached hydrogen (secondary N) is 2. The molecular weight excluding hydrogens is 388 g/mol. The van der Waals surface area contributed by atoms with E-state index >= 15 is 0 Å². The van der Waals surface area contributed by atoms with Crippen molar-refractivity contribution in [3.8, 4) is 0 Å². The molecule has 1 unspecified atom stereocenters. The van der Waals surface area contributed by atoms with E-state index in [0.29, 0.717) is 33.6 Å². The molecule has 31 heavy (non-hydrogen) atoms. The van der Waals surface area contributed by atoms with Crippen LogP contribution in [0.15, 0.2) is 60.7 Å². The number of nitrogens with two attached hydrogens (primary N) is 1. The molecule has 3 aliphatic rings. The summed E-state index contributed by atoms with van der Waals surface area (Å²) in [5.74, 6) is -0.343. The molecule has 6 heteroatoms. The first-order chi connectivity index (χ1) is 15.0. The molecule has 3 aromatic rings. The predicted molar refractivity (Wildman–Crippen MR) is 120 cm³/mol. The monoisotopic (exact) mass is 410 g/mol. The smallest absolute Gasteiger partial charge is 0.198 e. The van der Waals surface area contributed by atoms with Crippen LogP contribution in [0.1, 0.15) is 43.8 Å². The van der Waals surface area contributed by atoms with Gasteiger partial charge in [0.05, 0.1) is 22.5 Å². The van der Waals surface area contributed by atoms with Crippen molar-refractivity contribution in [2.45, 2.75) is 18.6 Å². The third kappa shape index (κ3) is 2.68. The minimum Gasteiger partial charge on any atom is -0.398 e. The summed E-state index contributed by atoms with van der Waals surface area (Å²) in [5, 5.41) is 7.19. The van der Waals surface area contributed by atoms with Gasteiger partial charge >= 0.3 is 0 Å². The van der Waals surface area contributed by atoms with Crippen molar-refractivity contribution in [2.75, 3.05) is 29.5 Å². The van der Waals surface area contributed by atoms with E-state index in [4.69, 9.17) is 5.73 Å². The molecule has 1 fully saturated rings. The molecule has 6 rings (SSSR count). The zero-order valence-corrected chi connectivity index (χ0v) is 16.9. The number of anilines is 3. The Hall–Kier alpha value is -3.64. The molecule has 1 aliphatic carbocycles. The Balaban J connectivity index is 1.34. The lowest BCUT2D eigenvalue weighted by Crippen LogP contribution is -2.44. The zero-order chi connectivity index (χ0) is 21.2. The molecule has 2 heterocycles. The largest absolute Gasteiger partial charge is 0.398 e. The molecule has 4 N–H and O–H groups in total. The number of fused-ring (bicyclic) bond motifs is 4. The molecule has 6 nitrogen and oxygen atoms in total. The van der Waals surface area contributed by atoms with E-state index in [0.717, 1.165) is 31.7 Å². The number of hydrogen-bond donors (Lipinski definition) is 3. The number of carbonyl (C=O) groups excluding carboxylic acids is 2. The number of hydrogen-bond acceptors (Lipinski definition) is 6. The number of nitrogen functional groups attached to an aromatic ring is 1. The maximum absolute atomic E-state index is 13.4. The van der Waals surface area contributed by atoms with Gasteiger partial charge in [0.1, 0.15) is 5.66 Å². The lowest BCUT2D eigenvalue weighted by atomic mass is 9.82. The van der Waals surface area contributed by atoms with Gasteiger partial charge in [0, 0.05) is 42.9 Å². The molecule has 2 aliphatic heterocycles. The minimum absolute atomic E-state index is 0.153. The quantitative estimate of drug-likeness (QED) is 0.439. The Bertz CT molecular complexity index is 1250. The number of nitrogens with zero attached hydrogens (tertiary/aromatic N) is 1. The third-order valence-corrected chi connectivity index (χ3v) is 6.58. The van der Waals surface area contributed by atoms with E-state index in [1.54, 1.807) is 24.3 Å². The predicted octanol–water partition coefficient (Wildman–Crippen LogP) is 3.48. The Morgan fingerprint density at radius 1 is 0.871 bits per heavy atom. The van der Waals surface area contributed by atoms with Gasteiger partial charge in [-0.1, -0.05) is 42.5 Å². The van der Waals surface area contributed by atoms with Crippen LogP contribution in [0.4, 0.5) is 17.1 Å². The Kier molecular flexibility index (Phi) is 3.76. The second-order valence-electron chi connectivity index (χ2n) is 8.62. The highest BCUT2D eigenvalue weighted by Gasteiger charge is 2.45. The van der Waals surface area contributed by atoms with Crippen LogP contribution >= 0.6 is 0 Å². The van der Waals surface area contributed by atoms with Crippen molar-refractivity contribution in [1.82, 2.24) is 4.90 Å². The fraction of sp³-hybridized carbons (Fsp3) is 0.200. The van der Waals surface area contributed by atoms with Crippen LogP contribution in [0.25, 0.3) is 0 Å². The van der Waals surface area contributed by atoms with Crippen molar-refractivity contribution >= 4 is 28.6 Å². The van der Waals surface area contributed by atoms with E-state index < -0.39 is 0 Å². The van der Waals surface area contributed by atoms with Crippen LogP contribution < -0.4 is 16.4 Å². The SMILES string of the molecule is Nc1cccc2c1C(=O)c1c(ccc3c1NC1(CCN(Cc4ccccc4)C1)N3)C2=O. The van der Waals surface area contributed by atoms with Gasteiger partial charge < -0.3 is 16.4 Å². The summed E-state index contributed by atoms with van der Waals surface area (Å²) in [7, 11) is 0. The molecule has 1 spiro atoms. The standard InChI is InChI=1S/C25H22N4O2/c26-18-8-4-7-16-20(18)24(31)21-17(23(16)30)9-10-19-22(21)28-25(27-19)11-12-29(14-25)13-15-5-2-1-3-6-15/h1-10,27-28H,11-14,26H2. The molecule has 0 amide bonds. The fourth-order valence-electron chi connectivity index (χ4n) is 5.14. The number of benzene rings is 3. The van der Waals surface area contributed by atoms with E-state index in [2.05, 4.69) is 39.8 Å². The van der Waals surface area contributed by atoms with Crippen LogP contribution in [0.3, 0.4) is 0 Å². The molecule has 1 atom stereocenters. The normalized spacial score (nSPS) is 21.4. The summed E-state index contributed by atoms with van der Waals surface area (Å²) < 4.78 is 0. The molecule has 0 bridgehead atoms. The fourth-order valence-corrected chi connectivity index (χ4v) is 5.14. The summed E-state index contributed by atoms with van der Waals surface area (Å²) >= 11 is 0. The Morgan fingerprint density at radius 3 is 2.52 bits per heavy atom. The van der Waals surface area contributed by atoms with Crippen molar-refractivity contribution in [2.24, 2.45) is 0 Å². The summed E-state index contributed by atoms with van der Waals surface area (Å²) in [6.07, 6.45) is 0.893. The van der Waals surface area contributed by atoms with Crippen LogP contribution in [0, 0.1) is 0 Å². The van der Waals surface area contributed by atoms with E-state index in [1.165, 1.54) is 5.56 Å². The van der Waals surface area contributed by atoms with Gasteiger partial charge in [0.2, 0.25) is 0 Å². The highest BCUT2D eigenvalue weighted by Crippen LogP contribution is 2.45. The maximum atomic E-state index is 13.4. The van der Waals surface area contributed by atoms with E-state index in [9.17, 15) is 9.59 Å². The molecule has 154 valence electrons. The van der Waals surface area contributed by atoms with Crippen LogP contribution in [0.2, 0.25) is 0 Å². The first-order valence-electron chi connectivity index (χ1n) is 10.5. The van der Waals surface area contributed by atoms with E-state index in [-0.39, 0.29) is 17.2 Å². The van der Waals surface area contributed by atoms with Crippen LogP contribution in [0.5, 0.6) is 0 Å². The van der Waals surface area contributed by atoms with Crippen molar-refractivity contribution in [3.05, 3.63) is 88.5 Å². The van der Waals surface area contributed by atoms with Crippen molar-refractivity contribution in [1.29, 1.82) is 0 Å². The van der Waals surface area contributed by atoms with Gasteiger partial charge in [0.15, 0.2) is 11.6 Å². The lowest BCUT2D eigenvalue weighted by molar-refractivity contribution is 0.0980. The van der Waals surface area contributed by atoms with Gasteiger partial charge in [-0.3, -0.25) is 14.5 Å². The van der Waals surface area contributed by atoms with Crippen LogP contribution in [-0.4, -0.2) is 35.2 Å². The number of rotatable bonds is 2. The highest BCUT2D eigenvalue weighted by molar-refractivity contribution is 6.32. The first-order valence-corrected chi connectivity index (χ1v) is 10.5. The third-order valence-electron chi connectivity index (χ3n) is 6.58. The first kappa shape index (κ1) is 18.2. The average molecular weight is 410 g/mol. The lowest BCUT2D eigenvalue weighted by Gasteiger charge is -2.27. The van der Waals surface area contributed by atoms with Gasteiger partial charge in [0.25, 0.3) is 0 Å². The zero-order valence-electron chi connectivity index (χ0n) is 16.9. The number of ketones is 2. The van der Waals surface area contributed by atoms with Crippen molar-refractivity contribution < 1.29 is 9.59 Å². The van der Waals surface area contributed by atoms with E-state index in [1.807, 2.05) is 12.1 Å². The minimum atomic E-state index is -0.349. The summed E-state index contributed by atoms with van der Waals surface area (Å²) in [4.78, 5) is 28.9. The number of carbonyl (C=O) groups is 2. The van der Waals surface area contributed by atoms with Gasteiger partial charge in [-0.15, -0.1) is 0 Å². The summed E-state index contributed by atoms with van der Waals surface area (Å²) in [5.41, 5.74) is 10.5. The Labute approximate surface area is 180 Å². The maximum Gasteiger partial charge on any atom is 0.198 e. The second kappa shape index (κ2) is 6.43. The second-order valence-corrected chi connectivity index (χ2v) is 8.62. The summed E-state index contributed by atoms with van der Waals surface area (Å²) in [6.45, 7) is 2.61.